The van der Waals surface area contributed by atoms with Gasteiger partial charge < -0.3 is 10.1 Å². The zero-order chi connectivity index (χ0) is 15.6. The number of nitrogens with one attached hydrogen (secondary N) is 1. The van der Waals surface area contributed by atoms with Gasteiger partial charge in [-0.3, -0.25) is 4.79 Å². The Hall–Kier alpha value is -0.960. The first-order valence-electron chi connectivity index (χ1n) is 6.45. The minimum absolute atomic E-state index is 0.0639. The maximum absolute atomic E-state index is 12.8. The van der Waals surface area contributed by atoms with E-state index in [9.17, 15) is 13.2 Å². The number of likely N-dealkylation sites (N-methyl/N-ethyl adjacent to an activating group) is 1. The molecule has 6 nitrogen and oxygen atoms in total. The number of hydrogen-bond donors (Lipinski definition) is 1. The Kier molecular flexibility index (Phi) is 5.03. The molecule has 1 saturated heterocycles. The molecule has 0 spiro atoms. The lowest BCUT2D eigenvalue weighted by Crippen LogP contribution is -2.55. The average Bonchev–Trinajstić information content (AvgIpc) is 2.49. The summed E-state index contributed by atoms with van der Waals surface area (Å²) in [5, 5.41) is 2.48. The molecule has 1 unspecified atom stereocenters. The van der Waals surface area contributed by atoms with E-state index in [1.54, 1.807) is 12.1 Å². The fourth-order valence-corrected chi connectivity index (χ4v) is 4.05. The molecule has 0 aliphatic carbocycles. The topological polar surface area (TPSA) is 75.7 Å². The lowest BCUT2D eigenvalue weighted by molar-refractivity contribution is -0.128. The third kappa shape index (κ3) is 3.28. The Balaban J connectivity index is 2.40. The van der Waals surface area contributed by atoms with Crippen LogP contribution in [0.25, 0.3) is 0 Å². The second-order valence-corrected chi connectivity index (χ2v) is 7.48. The van der Waals surface area contributed by atoms with E-state index >= 15 is 0 Å². The molecule has 116 valence electrons. The van der Waals surface area contributed by atoms with Crippen LogP contribution in [0.5, 0.6) is 0 Å². The smallest absolute Gasteiger partial charge is 0.243 e. The van der Waals surface area contributed by atoms with Crippen molar-refractivity contribution in [2.24, 2.45) is 0 Å². The van der Waals surface area contributed by atoms with Crippen molar-refractivity contribution in [2.45, 2.75) is 17.9 Å². The Morgan fingerprint density at radius 3 is 2.81 bits per heavy atom. The van der Waals surface area contributed by atoms with E-state index in [4.69, 9.17) is 4.74 Å². The molecule has 0 bridgehead atoms. The van der Waals surface area contributed by atoms with Gasteiger partial charge in [0, 0.05) is 18.1 Å². The summed E-state index contributed by atoms with van der Waals surface area (Å²) >= 11 is 3.35. The standard InChI is InChI=1S/C13H17BrN2O4S/c1-9-7-10(3-4-11(9)14)21(18,19)16-5-6-20-8-12(16)13(17)15-2/h3-4,7,12H,5-6,8H2,1-2H3,(H,15,17). The van der Waals surface area contributed by atoms with Crippen LogP contribution in [0.4, 0.5) is 0 Å². The molecule has 21 heavy (non-hydrogen) atoms. The van der Waals surface area contributed by atoms with E-state index in [0.717, 1.165) is 10.0 Å². The highest BCUT2D eigenvalue weighted by atomic mass is 79.9. The van der Waals surface area contributed by atoms with Crippen LogP contribution < -0.4 is 5.32 Å². The van der Waals surface area contributed by atoms with E-state index in [0.29, 0.717) is 0 Å². The van der Waals surface area contributed by atoms with Gasteiger partial charge in [0.15, 0.2) is 0 Å². The SMILES string of the molecule is CNC(=O)C1COCCN1S(=O)(=O)c1ccc(Br)c(C)c1. The molecule has 1 aromatic rings. The molecule has 1 heterocycles. The van der Waals surface area contributed by atoms with Crippen molar-refractivity contribution >= 4 is 31.9 Å². The predicted molar refractivity (Wildman–Crippen MR) is 81.4 cm³/mol. The second-order valence-electron chi connectivity index (χ2n) is 4.73. The molecule has 8 heteroatoms. The maximum Gasteiger partial charge on any atom is 0.243 e. The van der Waals surface area contributed by atoms with Crippen LogP contribution in [0.15, 0.2) is 27.6 Å². The third-order valence-electron chi connectivity index (χ3n) is 3.36. The number of aryl methyl sites for hydroxylation is 1. The summed E-state index contributed by atoms with van der Waals surface area (Å²) in [6.07, 6.45) is 0. The van der Waals surface area contributed by atoms with Crippen LogP contribution >= 0.6 is 15.9 Å². The predicted octanol–water partition coefficient (Wildman–Crippen LogP) is 0.893. The number of carbonyl (C=O) groups excluding carboxylic acids is 1. The summed E-state index contributed by atoms with van der Waals surface area (Å²) in [6, 6.07) is 3.98. The Morgan fingerprint density at radius 1 is 1.48 bits per heavy atom. The molecular formula is C13H17BrN2O4S. The minimum Gasteiger partial charge on any atom is -0.378 e. The largest absolute Gasteiger partial charge is 0.378 e. The van der Waals surface area contributed by atoms with Crippen LogP contribution in [-0.4, -0.2) is 51.5 Å². The van der Waals surface area contributed by atoms with Gasteiger partial charge in [0.25, 0.3) is 0 Å². The van der Waals surface area contributed by atoms with Gasteiger partial charge in [-0.2, -0.15) is 4.31 Å². The number of sulfonamides is 1. The number of benzene rings is 1. The number of ether oxygens (including phenoxy) is 1. The summed E-state index contributed by atoms with van der Waals surface area (Å²) in [5.41, 5.74) is 0.820. The zero-order valence-electron chi connectivity index (χ0n) is 11.8. The molecule has 1 fully saturated rings. The molecule has 1 aliphatic rings. The first-order chi connectivity index (χ1) is 9.87. The lowest BCUT2D eigenvalue weighted by Gasteiger charge is -2.33. The zero-order valence-corrected chi connectivity index (χ0v) is 14.2. The monoisotopic (exact) mass is 376 g/mol. The molecule has 2 rings (SSSR count). The number of halogens is 1. The molecule has 1 N–H and O–H groups in total. The van der Waals surface area contributed by atoms with Crippen LogP contribution in [0.3, 0.4) is 0 Å². The number of rotatable bonds is 3. The highest BCUT2D eigenvalue weighted by molar-refractivity contribution is 9.10. The highest BCUT2D eigenvalue weighted by Gasteiger charge is 2.38. The van der Waals surface area contributed by atoms with Crippen molar-refractivity contribution in [1.82, 2.24) is 9.62 Å². The van der Waals surface area contributed by atoms with Crippen molar-refractivity contribution in [3.8, 4) is 0 Å². The summed E-state index contributed by atoms with van der Waals surface area (Å²) in [5.74, 6) is -0.368. The number of morpholine rings is 1. The van der Waals surface area contributed by atoms with Gasteiger partial charge in [-0.1, -0.05) is 15.9 Å². The van der Waals surface area contributed by atoms with Crippen molar-refractivity contribution in [3.05, 3.63) is 28.2 Å². The summed E-state index contributed by atoms with van der Waals surface area (Å²) in [4.78, 5) is 12.1. The molecule has 1 atom stereocenters. The Labute approximate surface area is 132 Å². The van der Waals surface area contributed by atoms with E-state index < -0.39 is 16.1 Å². The Morgan fingerprint density at radius 2 is 2.19 bits per heavy atom. The molecular weight excluding hydrogens is 360 g/mol. The summed E-state index contributed by atoms with van der Waals surface area (Å²) < 4.78 is 32.8. The van der Waals surface area contributed by atoms with E-state index in [1.807, 2.05) is 6.92 Å². The van der Waals surface area contributed by atoms with Crippen LogP contribution in [0, 0.1) is 6.92 Å². The number of carbonyl (C=O) groups is 1. The van der Waals surface area contributed by atoms with Gasteiger partial charge in [0.05, 0.1) is 18.1 Å². The highest BCUT2D eigenvalue weighted by Crippen LogP contribution is 2.25. The van der Waals surface area contributed by atoms with E-state index in [1.165, 1.54) is 17.4 Å². The molecule has 1 amide bonds. The second kappa shape index (κ2) is 6.43. The number of nitrogens with zero attached hydrogens (tertiary/aromatic N) is 1. The fraction of sp³-hybridized carbons (Fsp3) is 0.462. The average molecular weight is 377 g/mol. The minimum atomic E-state index is -3.73. The fourth-order valence-electron chi connectivity index (χ4n) is 2.16. The van der Waals surface area contributed by atoms with Crippen LogP contribution in [0.2, 0.25) is 0 Å². The Bertz CT molecular complexity index is 648. The number of amides is 1. The van der Waals surface area contributed by atoms with Crippen molar-refractivity contribution in [1.29, 1.82) is 0 Å². The van der Waals surface area contributed by atoms with Gasteiger partial charge >= 0.3 is 0 Å². The van der Waals surface area contributed by atoms with Gasteiger partial charge in [-0.15, -0.1) is 0 Å². The van der Waals surface area contributed by atoms with Crippen molar-refractivity contribution in [3.63, 3.8) is 0 Å². The van der Waals surface area contributed by atoms with Crippen LogP contribution in [0.1, 0.15) is 5.56 Å². The molecule has 0 saturated carbocycles. The van der Waals surface area contributed by atoms with Gasteiger partial charge in [-0.05, 0) is 30.7 Å². The summed E-state index contributed by atoms with van der Waals surface area (Å²) in [6.45, 7) is 2.32. The van der Waals surface area contributed by atoms with Gasteiger partial charge in [0.2, 0.25) is 15.9 Å². The third-order valence-corrected chi connectivity index (χ3v) is 6.16. The van der Waals surface area contributed by atoms with Gasteiger partial charge in [0.1, 0.15) is 6.04 Å². The molecule has 0 radical (unpaired) electrons. The van der Waals surface area contributed by atoms with Crippen LogP contribution in [-0.2, 0) is 19.6 Å². The summed E-state index contributed by atoms with van der Waals surface area (Å²) in [7, 11) is -2.26. The van der Waals surface area contributed by atoms with E-state index in [2.05, 4.69) is 21.2 Å². The molecule has 1 aliphatic heterocycles. The number of hydrogen-bond acceptors (Lipinski definition) is 4. The van der Waals surface area contributed by atoms with Gasteiger partial charge in [-0.25, -0.2) is 8.42 Å². The first-order valence-corrected chi connectivity index (χ1v) is 8.68. The normalized spacial score (nSPS) is 20.2. The maximum atomic E-state index is 12.8. The van der Waals surface area contributed by atoms with E-state index in [-0.39, 0.29) is 30.6 Å². The molecule has 0 aromatic heterocycles. The lowest BCUT2D eigenvalue weighted by atomic mass is 10.2. The molecule has 1 aromatic carbocycles. The quantitative estimate of drug-likeness (QED) is 0.849. The van der Waals surface area contributed by atoms with Crippen molar-refractivity contribution < 1.29 is 17.9 Å². The van der Waals surface area contributed by atoms with Crippen molar-refractivity contribution in [2.75, 3.05) is 26.8 Å². The first kappa shape index (κ1) is 16.4.